The van der Waals surface area contributed by atoms with Crippen LogP contribution in [0.2, 0.25) is 10.0 Å². The number of carbonyl (C=O) groups excluding carboxylic acids is 1. The molecule has 0 unspecified atom stereocenters. The van der Waals surface area contributed by atoms with E-state index in [4.69, 9.17) is 27.6 Å². The zero-order valence-corrected chi connectivity index (χ0v) is 15.9. The fraction of sp³-hybridized carbons (Fsp3) is 0.476. The first kappa shape index (κ1) is 16.7. The summed E-state index contributed by atoms with van der Waals surface area (Å²) in [6, 6.07) is 9.02. The van der Waals surface area contributed by atoms with E-state index >= 15 is 0 Å². The Kier molecular flexibility index (Phi) is 4.06. The first-order chi connectivity index (χ1) is 12.6. The Morgan fingerprint density at radius 2 is 1.65 bits per heavy atom. The van der Waals surface area contributed by atoms with Crippen LogP contribution in [0.5, 0.6) is 0 Å². The molecule has 4 saturated carbocycles. The largest absolute Gasteiger partial charge is 0.451 e. The van der Waals surface area contributed by atoms with Crippen molar-refractivity contribution in [3.05, 3.63) is 46.1 Å². The van der Waals surface area contributed by atoms with Crippen LogP contribution in [-0.4, -0.2) is 11.9 Å². The van der Waals surface area contributed by atoms with Gasteiger partial charge >= 0.3 is 0 Å². The number of carbonyl (C=O) groups is 1. The van der Waals surface area contributed by atoms with E-state index in [1.54, 1.807) is 30.3 Å². The molecule has 6 rings (SSSR count). The molecule has 1 aromatic heterocycles. The van der Waals surface area contributed by atoms with Gasteiger partial charge in [0.05, 0.1) is 5.02 Å². The molecule has 0 aliphatic heterocycles. The van der Waals surface area contributed by atoms with E-state index in [0.717, 1.165) is 11.8 Å². The quantitative estimate of drug-likeness (QED) is 0.719. The number of amides is 1. The molecular weight excluding hydrogens is 369 g/mol. The van der Waals surface area contributed by atoms with Gasteiger partial charge in [-0.3, -0.25) is 4.79 Å². The first-order valence-electron chi connectivity index (χ1n) is 9.43. The maximum absolute atomic E-state index is 12.8. The highest BCUT2D eigenvalue weighted by Gasteiger charge is 2.48. The van der Waals surface area contributed by atoms with E-state index in [9.17, 15) is 4.79 Å². The zero-order valence-electron chi connectivity index (χ0n) is 14.4. The van der Waals surface area contributed by atoms with Crippen LogP contribution in [0.25, 0.3) is 11.3 Å². The van der Waals surface area contributed by atoms with Crippen molar-refractivity contribution in [2.24, 2.45) is 23.7 Å². The van der Waals surface area contributed by atoms with Crippen LogP contribution in [0.3, 0.4) is 0 Å². The Morgan fingerprint density at radius 1 is 0.962 bits per heavy atom. The second kappa shape index (κ2) is 6.31. The van der Waals surface area contributed by atoms with Crippen molar-refractivity contribution in [3.8, 4) is 11.3 Å². The average Bonchev–Trinajstić information content (AvgIpc) is 3.09. The van der Waals surface area contributed by atoms with Gasteiger partial charge in [0.2, 0.25) is 0 Å². The fourth-order valence-corrected chi connectivity index (χ4v) is 6.06. The summed E-state index contributed by atoms with van der Waals surface area (Å²) in [5, 5.41) is 4.41. The third kappa shape index (κ3) is 2.86. The lowest BCUT2D eigenvalue weighted by Gasteiger charge is -2.54. The molecule has 4 bridgehead atoms. The zero-order chi connectivity index (χ0) is 17.8. The van der Waals surface area contributed by atoms with Gasteiger partial charge in [-0.25, -0.2) is 0 Å². The third-order valence-corrected chi connectivity index (χ3v) is 7.11. The SMILES string of the molecule is O=C(NC1C2CC3CC(C2)CC1C3)c1ccc(-c2cc(Cl)ccc2Cl)o1. The first-order valence-corrected chi connectivity index (χ1v) is 10.2. The second-order valence-corrected chi connectivity index (χ2v) is 9.06. The van der Waals surface area contributed by atoms with Gasteiger partial charge in [-0.2, -0.15) is 0 Å². The summed E-state index contributed by atoms with van der Waals surface area (Å²) in [7, 11) is 0. The highest BCUT2D eigenvalue weighted by Crippen LogP contribution is 2.53. The Labute approximate surface area is 163 Å². The van der Waals surface area contributed by atoms with Crippen molar-refractivity contribution >= 4 is 29.1 Å². The number of hydrogen-bond acceptors (Lipinski definition) is 2. The monoisotopic (exact) mass is 389 g/mol. The molecule has 136 valence electrons. The lowest BCUT2D eigenvalue weighted by molar-refractivity contribution is -0.0122. The van der Waals surface area contributed by atoms with Gasteiger partial charge < -0.3 is 9.73 Å². The molecule has 0 radical (unpaired) electrons. The molecule has 1 heterocycles. The van der Waals surface area contributed by atoms with Crippen molar-refractivity contribution in [3.63, 3.8) is 0 Å². The Hall–Kier alpha value is -1.45. The van der Waals surface area contributed by atoms with E-state index in [2.05, 4.69) is 5.32 Å². The fourth-order valence-electron chi connectivity index (χ4n) is 5.67. The number of benzene rings is 1. The maximum atomic E-state index is 12.8. The molecule has 4 aliphatic rings. The molecule has 0 saturated heterocycles. The molecule has 26 heavy (non-hydrogen) atoms. The minimum atomic E-state index is -0.119. The van der Waals surface area contributed by atoms with Gasteiger partial charge in [0, 0.05) is 16.6 Å². The van der Waals surface area contributed by atoms with Crippen molar-refractivity contribution in [2.45, 2.75) is 38.1 Å². The Morgan fingerprint density at radius 3 is 2.35 bits per heavy atom. The van der Waals surface area contributed by atoms with Gasteiger partial charge in [0.1, 0.15) is 5.76 Å². The molecule has 0 spiro atoms. The predicted octanol–water partition coefficient (Wildman–Crippen LogP) is 5.81. The molecule has 1 N–H and O–H groups in total. The lowest BCUT2D eigenvalue weighted by atomic mass is 9.54. The molecule has 1 aromatic carbocycles. The highest BCUT2D eigenvalue weighted by molar-refractivity contribution is 6.35. The highest BCUT2D eigenvalue weighted by atomic mass is 35.5. The van der Waals surface area contributed by atoms with Gasteiger partial charge in [0.25, 0.3) is 5.91 Å². The van der Waals surface area contributed by atoms with Gasteiger partial charge in [0.15, 0.2) is 5.76 Å². The standard InChI is InChI=1S/C21H21Cl2NO2/c22-15-1-2-17(23)16(10-15)18-3-4-19(26-18)21(25)24-20-13-6-11-5-12(8-13)9-14(20)7-11/h1-4,10-14,20H,5-9H2,(H,24,25). The van der Waals surface area contributed by atoms with Gasteiger partial charge in [-0.05, 0) is 86.1 Å². The molecule has 5 heteroatoms. The smallest absolute Gasteiger partial charge is 0.287 e. The van der Waals surface area contributed by atoms with Gasteiger partial charge in [-0.15, -0.1) is 0 Å². The third-order valence-electron chi connectivity index (χ3n) is 6.55. The molecular formula is C21H21Cl2NO2. The Bertz CT molecular complexity index is 831. The van der Waals surface area contributed by atoms with Crippen LogP contribution in [0.1, 0.15) is 42.7 Å². The molecule has 4 fully saturated rings. The second-order valence-electron chi connectivity index (χ2n) is 8.22. The van der Waals surface area contributed by atoms with E-state index < -0.39 is 0 Å². The summed E-state index contributed by atoms with van der Waals surface area (Å²) in [5.74, 6) is 3.86. The van der Waals surface area contributed by atoms with Crippen molar-refractivity contribution < 1.29 is 9.21 Å². The summed E-state index contributed by atoms with van der Waals surface area (Å²) in [4.78, 5) is 12.8. The molecule has 4 aliphatic carbocycles. The summed E-state index contributed by atoms with van der Waals surface area (Å²) < 4.78 is 5.81. The minimum absolute atomic E-state index is 0.119. The molecule has 1 amide bonds. The summed E-state index contributed by atoms with van der Waals surface area (Å²) in [6.45, 7) is 0. The summed E-state index contributed by atoms with van der Waals surface area (Å²) >= 11 is 12.3. The van der Waals surface area contributed by atoms with Crippen LogP contribution < -0.4 is 5.32 Å². The van der Waals surface area contributed by atoms with Crippen LogP contribution in [0.4, 0.5) is 0 Å². The van der Waals surface area contributed by atoms with E-state index in [1.807, 2.05) is 0 Å². The van der Waals surface area contributed by atoms with Crippen LogP contribution in [0.15, 0.2) is 34.7 Å². The summed E-state index contributed by atoms with van der Waals surface area (Å²) in [6.07, 6.45) is 6.52. The van der Waals surface area contributed by atoms with E-state index in [1.165, 1.54) is 32.1 Å². The van der Waals surface area contributed by atoms with Crippen LogP contribution >= 0.6 is 23.2 Å². The molecule has 3 nitrogen and oxygen atoms in total. The topological polar surface area (TPSA) is 42.2 Å². The van der Waals surface area contributed by atoms with Crippen molar-refractivity contribution in [1.29, 1.82) is 0 Å². The Balaban J connectivity index is 1.34. The maximum Gasteiger partial charge on any atom is 0.287 e. The molecule has 2 aromatic rings. The lowest BCUT2D eigenvalue weighted by Crippen LogP contribution is -2.55. The number of rotatable bonds is 3. The number of nitrogens with one attached hydrogen (secondary N) is 1. The summed E-state index contributed by atoms with van der Waals surface area (Å²) in [5.41, 5.74) is 0.702. The number of halogens is 2. The average molecular weight is 390 g/mol. The van der Waals surface area contributed by atoms with Crippen molar-refractivity contribution in [2.75, 3.05) is 0 Å². The normalized spacial score (nSPS) is 32.0. The molecule has 0 atom stereocenters. The van der Waals surface area contributed by atoms with E-state index in [-0.39, 0.29) is 5.91 Å². The number of furan rings is 1. The minimum Gasteiger partial charge on any atom is -0.451 e. The van der Waals surface area contributed by atoms with Crippen LogP contribution in [-0.2, 0) is 0 Å². The predicted molar refractivity (Wildman–Crippen MR) is 102 cm³/mol. The van der Waals surface area contributed by atoms with E-state index in [0.29, 0.717) is 45.0 Å². The number of hydrogen-bond donors (Lipinski definition) is 1. The van der Waals surface area contributed by atoms with Crippen molar-refractivity contribution in [1.82, 2.24) is 5.32 Å². The van der Waals surface area contributed by atoms with Gasteiger partial charge in [-0.1, -0.05) is 23.2 Å². The van der Waals surface area contributed by atoms with Crippen LogP contribution in [0, 0.1) is 23.7 Å².